The molecule has 0 fully saturated rings. The average molecular weight is 275 g/mol. The van der Waals surface area contributed by atoms with Gasteiger partial charge in [-0.3, -0.25) is 10.1 Å². The first-order valence-electron chi connectivity index (χ1n) is 6.65. The summed E-state index contributed by atoms with van der Waals surface area (Å²) < 4.78 is 0. The van der Waals surface area contributed by atoms with Gasteiger partial charge in [-0.2, -0.15) is 0 Å². The Morgan fingerprint density at radius 2 is 1.29 bits per heavy atom. The van der Waals surface area contributed by atoms with Gasteiger partial charge in [-0.05, 0) is 28.8 Å². The van der Waals surface area contributed by atoms with Crippen LogP contribution in [0.3, 0.4) is 0 Å². The Hall–Kier alpha value is -2.94. The van der Waals surface area contributed by atoms with Crippen LogP contribution < -0.4 is 0 Å². The maximum Gasteiger partial charge on any atom is 0.277 e. The smallest absolute Gasteiger partial charge is 0.258 e. The molecule has 0 N–H and O–H groups in total. The molecule has 0 atom stereocenters. The molecule has 3 aromatic carbocycles. The van der Waals surface area contributed by atoms with E-state index in [0.29, 0.717) is 5.56 Å². The molecule has 0 unspecified atom stereocenters. The zero-order chi connectivity index (χ0) is 14.7. The molecule has 0 aliphatic rings. The van der Waals surface area contributed by atoms with Crippen molar-refractivity contribution in [3.05, 3.63) is 89.0 Å². The number of nitrogens with zero attached hydrogens (tertiary/aromatic N) is 1. The van der Waals surface area contributed by atoms with Gasteiger partial charge in [-0.1, -0.05) is 60.7 Å². The summed E-state index contributed by atoms with van der Waals surface area (Å²) in [6.07, 6.45) is 0. The highest BCUT2D eigenvalue weighted by Gasteiger charge is 2.14. The number of nitro benzene ring substituents is 1. The van der Waals surface area contributed by atoms with E-state index in [1.165, 1.54) is 6.07 Å². The standard InChI is InChI=1S/C18H13NO2/c20-19(21)18-12-5-4-11-17(18)16-10-6-9-15(13-16)14-7-2-1-3-8-14/h1-13H. The lowest BCUT2D eigenvalue weighted by atomic mass is 9.98. The number of hydrogen-bond acceptors (Lipinski definition) is 2. The fraction of sp³-hybridized carbons (Fsp3) is 0. The SMILES string of the molecule is O=[N+]([O-])c1ccccc1-c1cccc(-c2ccccc2)c1. The predicted octanol–water partition coefficient (Wildman–Crippen LogP) is 4.93. The Balaban J connectivity index is 2.11. The van der Waals surface area contributed by atoms with Crippen molar-refractivity contribution in [2.24, 2.45) is 0 Å². The molecule has 3 aromatic rings. The summed E-state index contributed by atoms with van der Waals surface area (Å²) in [5, 5.41) is 11.2. The van der Waals surface area contributed by atoms with E-state index < -0.39 is 0 Å². The minimum Gasteiger partial charge on any atom is -0.258 e. The molecule has 102 valence electrons. The van der Waals surface area contributed by atoms with Crippen LogP contribution in [0.2, 0.25) is 0 Å². The van der Waals surface area contributed by atoms with Gasteiger partial charge in [0.25, 0.3) is 5.69 Å². The molecular weight excluding hydrogens is 262 g/mol. The fourth-order valence-electron chi connectivity index (χ4n) is 2.37. The lowest BCUT2D eigenvalue weighted by Gasteiger charge is -2.06. The summed E-state index contributed by atoms with van der Waals surface area (Å²) in [6.45, 7) is 0. The Bertz CT molecular complexity index is 782. The Morgan fingerprint density at radius 1 is 0.667 bits per heavy atom. The van der Waals surface area contributed by atoms with Crippen molar-refractivity contribution < 1.29 is 4.92 Å². The molecule has 3 rings (SSSR count). The molecule has 0 saturated carbocycles. The van der Waals surface area contributed by atoms with Crippen molar-refractivity contribution in [2.45, 2.75) is 0 Å². The van der Waals surface area contributed by atoms with Crippen LogP contribution in [0.25, 0.3) is 22.3 Å². The summed E-state index contributed by atoms with van der Waals surface area (Å²) in [4.78, 5) is 10.8. The first-order valence-corrected chi connectivity index (χ1v) is 6.65. The maximum absolute atomic E-state index is 11.2. The van der Waals surface area contributed by atoms with Crippen molar-refractivity contribution in [3.8, 4) is 22.3 Å². The molecule has 3 nitrogen and oxygen atoms in total. The molecule has 0 aliphatic heterocycles. The van der Waals surface area contributed by atoms with Crippen LogP contribution in [0.15, 0.2) is 78.9 Å². The highest BCUT2D eigenvalue weighted by Crippen LogP contribution is 2.32. The summed E-state index contributed by atoms with van der Waals surface area (Å²) >= 11 is 0. The molecule has 0 spiro atoms. The molecule has 0 aromatic heterocycles. The van der Waals surface area contributed by atoms with Gasteiger partial charge in [0.2, 0.25) is 0 Å². The zero-order valence-electron chi connectivity index (χ0n) is 11.3. The van der Waals surface area contributed by atoms with Gasteiger partial charge >= 0.3 is 0 Å². The summed E-state index contributed by atoms with van der Waals surface area (Å²) in [7, 11) is 0. The van der Waals surface area contributed by atoms with Gasteiger partial charge in [0.1, 0.15) is 0 Å². The van der Waals surface area contributed by atoms with E-state index in [-0.39, 0.29) is 10.6 Å². The monoisotopic (exact) mass is 275 g/mol. The van der Waals surface area contributed by atoms with E-state index in [9.17, 15) is 10.1 Å². The van der Waals surface area contributed by atoms with Gasteiger partial charge in [-0.15, -0.1) is 0 Å². The van der Waals surface area contributed by atoms with Crippen LogP contribution in [-0.4, -0.2) is 4.92 Å². The Labute approximate surface area is 122 Å². The predicted molar refractivity (Wildman–Crippen MR) is 84.0 cm³/mol. The third-order valence-electron chi connectivity index (χ3n) is 3.38. The average Bonchev–Trinajstić information content (AvgIpc) is 2.56. The van der Waals surface area contributed by atoms with Gasteiger partial charge in [-0.25, -0.2) is 0 Å². The molecule has 21 heavy (non-hydrogen) atoms. The Kier molecular flexibility index (Phi) is 3.48. The topological polar surface area (TPSA) is 43.1 Å². The summed E-state index contributed by atoms with van der Waals surface area (Å²) in [6, 6.07) is 24.6. The second kappa shape index (κ2) is 5.59. The number of para-hydroxylation sites is 1. The minimum absolute atomic E-state index is 0.128. The summed E-state index contributed by atoms with van der Waals surface area (Å²) in [5.74, 6) is 0. The van der Waals surface area contributed by atoms with Gasteiger partial charge in [0.15, 0.2) is 0 Å². The van der Waals surface area contributed by atoms with Crippen molar-refractivity contribution in [3.63, 3.8) is 0 Å². The lowest BCUT2D eigenvalue weighted by molar-refractivity contribution is -0.384. The molecule has 0 aliphatic carbocycles. The van der Waals surface area contributed by atoms with E-state index >= 15 is 0 Å². The second-order valence-corrected chi connectivity index (χ2v) is 4.72. The first kappa shape index (κ1) is 13.1. The van der Waals surface area contributed by atoms with Crippen LogP contribution in [0.4, 0.5) is 5.69 Å². The zero-order valence-corrected chi connectivity index (χ0v) is 11.3. The van der Waals surface area contributed by atoms with Crippen LogP contribution in [0, 0.1) is 10.1 Å². The normalized spacial score (nSPS) is 10.3. The van der Waals surface area contributed by atoms with Gasteiger partial charge in [0, 0.05) is 6.07 Å². The van der Waals surface area contributed by atoms with Crippen molar-refractivity contribution >= 4 is 5.69 Å². The van der Waals surface area contributed by atoms with Gasteiger partial charge in [0.05, 0.1) is 10.5 Å². The van der Waals surface area contributed by atoms with E-state index in [4.69, 9.17) is 0 Å². The second-order valence-electron chi connectivity index (χ2n) is 4.72. The summed E-state index contributed by atoms with van der Waals surface area (Å²) in [5.41, 5.74) is 3.76. The van der Waals surface area contributed by atoms with E-state index in [1.54, 1.807) is 12.1 Å². The number of rotatable bonds is 3. The van der Waals surface area contributed by atoms with Gasteiger partial charge < -0.3 is 0 Å². The lowest BCUT2D eigenvalue weighted by Crippen LogP contribution is -1.91. The van der Waals surface area contributed by atoms with Crippen molar-refractivity contribution in [2.75, 3.05) is 0 Å². The van der Waals surface area contributed by atoms with E-state index in [1.807, 2.05) is 60.7 Å². The first-order chi connectivity index (χ1) is 10.3. The van der Waals surface area contributed by atoms with E-state index in [2.05, 4.69) is 0 Å². The fourth-order valence-corrected chi connectivity index (χ4v) is 2.37. The number of benzene rings is 3. The molecule has 0 bridgehead atoms. The highest BCUT2D eigenvalue weighted by molar-refractivity contribution is 5.78. The van der Waals surface area contributed by atoms with Crippen molar-refractivity contribution in [1.29, 1.82) is 0 Å². The number of nitro groups is 1. The van der Waals surface area contributed by atoms with Crippen LogP contribution >= 0.6 is 0 Å². The maximum atomic E-state index is 11.2. The largest absolute Gasteiger partial charge is 0.277 e. The van der Waals surface area contributed by atoms with E-state index in [0.717, 1.165) is 16.7 Å². The van der Waals surface area contributed by atoms with Crippen LogP contribution in [-0.2, 0) is 0 Å². The molecule has 0 radical (unpaired) electrons. The third-order valence-corrected chi connectivity index (χ3v) is 3.38. The molecule has 3 heteroatoms. The quantitative estimate of drug-likeness (QED) is 0.502. The highest BCUT2D eigenvalue weighted by atomic mass is 16.6. The number of hydrogen-bond donors (Lipinski definition) is 0. The molecule has 0 amide bonds. The Morgan fingerprint density at radius 3 is 2.05 bits per heavy atom. The molecule has 0 saturated heterocycles. The third kappa shape index (κ3) is 2.67. The van der Waals surface area contributed by atoms with Crippen molar-refractivity contribution in [1.82, 2.24) is 0 Å². The molecular formula is C18H13NO2. The molecule has 0 heterocycles. The van der Waals surface area contributed by atoms with Crippen LogP contribution in [0.1, 0.15) is 0 Å². The minimum atomic E-state index is -0.343. The van der Waals surface area contributed by atoms with Crippen LogP contribution in [0.5, 0.6) is 0 Å².